The molecule has 0 aliphatic rings. The molecular formula is C17H13Cl3N4. The second-order valence-electron chi connectivity index (χ2n) is 5.03. The lowest BCUT2D eigenvalue weighted by Gasteiger charge is -2.03. The van der Waals surface area contributed by atoms with E-state index in [1.165, 1.54) is 0 Å². The molecule has 0 fully saturated rings. The van der Waals surface area contributed by atoms with Crippen LogP contribution in [0.15, 0.2) is 53.6 Å². The van der Waals surface area contributed by atoms with E-state index in [0.717, 1.165) is 16.9 Å². The van der Waals surface area contributed by atoms with Crippen molar-refractivity contribution < 1.29 is 0 Å². The van der Waals surface area contributed by atoms with Gasteiger partial charge >= 0.3 is 0 Å². The highest BCUT2D eigenvalue weighted by Gasteiger charge is 2.13. The van der Waals surface area contributed by atoms with Crippen LogP contribution >= 0.6 is 34.8 Å². The van der Waals surface area contributed by atoms with E-state index in [1.54, 1.807) is 29.1 Å². The van der Waals surface area contributed by atoms with Gasteiger partial charge in [0.25, 0.3) is 0 Å². The smallest absolute Gasteiger partial charge is 0.142 e. The Morgan fingerprint density at radius 1 is 1.08 bits per heavy atom. The van der Waals surface area contributed by atoms with Crippen LogP contribution in [0.4, 0.5) is 5.69 Å². The van der Waals surface area contributed by atoms with E-state index < -0.39 is 0 Å². The molecule has 4 nitrogen and oxygen atoms in total. The molecule has 0 unspecified atom stereocenters. The van der Waals surface area contributed by atoms with Crippen LogP contribution in [0.2, 0.25) is 15.2 Å². The summed E-state index contributed by atoms with van der Waals surface area (Å²) < 4.78 is 1.62. The molecule has 0 amide bonds. The Morgan fingerprint density at radius 2 is 1.88 bits per heavy atom. The normalized spacial score (nSPS) is 11.2. The summed E-state index contributed by atoms with van der Waals surface area (Å²) in [5, 5.41) is 10.3. The first-order valence-electron chi connectivity index (χ1n) is 7.11. The Balaban J connectivity index is 1.87. The summed E-state index contributed by atoms with van der Waals surface area (Å²) in [5.41, 5.74) is 5.87. The van der Waals surface area contributed by atoms with Gasteiger partial charge in [-0.05, 0) is 37.3 Å². The maximum absolute atomic E-state index is 6.44. The van der Waals surface area contributed by atoms with Gasteiger partial charge in [0.15, 0.2) is 0 Å². The number of nitrogens with one attached hydrogen (secondary N) is 1. The van der Waals surface area contributed by atoms with Gasteiger partial charge in [0.2, 0.25) is 0 Å². The van der Waals surface area contributed by atoms with Crippen molar-refractivity contribution in [1.82, 2.24) is 9.78 Å². The lowest BCUT2D eigenvalue weighted by molar-refractivity contribution is 0.863. The van der Waals surface area contributed by atoms with E-state index in [-0.39, 0.29) is 0 Å². The molecule has 24 heavy (non-hydrogen) atoms. The molecule has 7 heteroatoms. The molecule has 0 atom stereocenters. The third-order valence-electron chi connectivity index (χ3n) is 3.35. The van der Waals surface area contributed by atoms with Gasteiger partial charge in [0, 0.05) is 5.02 Å². The first-order valence-corrected chi connectivity index (χ1v) is 8.24. The molecule has 3 aromatic rings. The van der Waals surface area contributed by atoms with Gasteiger partial charge in [-0.25, -0.2) is 4.68 Å². The number of nitrogens with zero attached hydrogens (tertiary/aromatic N) is 3. The molecule has 0 radical (unpaired) electrons. The first kappa shape index (κ1) is 16.8. The van der Waals surface area contributed by atoms with Crippen molar-refractivity contribution in [2.24, 2.45) is 5.10 Å². The zero-order chi connectivity index (χ0) is 17.1. The molecule has 2 aromatic carbocycles. The molecule has 122 valence electrons. The summed E-state index contributed by atoms with van der Waals surface area (Å²) in [6, 6.07) is 14.7. The largest absolute Gasteiger partial charge is 0.277 e. The van der Waals surface area contributed by atoms with Crippen LogP contribution in [-0.4, -0.2) is 16.0 Å². The summed E-state index contributed by atoms with van der Waals surface area (Å²) in [5.74, 6) is 0. The number of rotatable bonds is 4. The number of aryl methyl sites for hydroxylation is 1. The van der Waals surface area contributed by atoms with Gasteiger partial charge in [0.1, 0.15) is 5.15 Å². The van der Waals surface area contributed by atoms with E-state index >= 15 is 0 Å². The minimum absolute atomic E-state index is 0.458. The molecule has 0 spiro atoms. The zero-order valence-corrected chi connectivity index (χ0v) is 14.9. The first-order chi connectivity index (χ1) is 11.6. The topological polar surface area (TPSA) is 42.2 Å². The van der Waals surface area contributed by atoms with Crippen molar-refractivity contribution in [2.75, 3.05) is 5.43 Å². The number of hydrogen-bond donors (Lipinski definition) is 1. The fraction of sp³-hybridized carbons (Fsp3) is 0.0588. The predicted octanol–water partition coefficient (Wildman–Crippen LogP) is 5.59. The minimum atomic E-state index is 0.458. The van der Waals surface area contributed by atoms with Crippen LogP contribution in [0.5, 0.6) is 0 Å². The molecule has 1 aromatic heterocycles. The van der Waals surface area contributed by atoms with E-state index in [4.69, 9.17) is 34.8 Å². The minimum Gasteiger partial charge on any atom is -0.277 e. The zero-order valence-electron chi connectivity index (χ0n) is 12.7. The fourth-order valence-corrected chi connectivity index (χ4v) is 2.84. The molecule has 0 bridgehead atoms. The second kappa shape index (κ2) is 7.26. The molecular weight excluding hydrogens is 367 g/mol. The lowest BCUT2D eigenvalue weighted by Crippen LogP contribution is -1.96. The quantitative estimate of drug-likeness (QED) is 0.474. The molecule has 0 saturated carbocycles. The van der Waals surface area contributed by atoms with Crippen molar-refractivity contribution in [3.05, 3.63) is 75.0 Å². The maximum Gasteiger partial charge on any atom is 0.142 e. The Kier molecular flexibility index (Phi) is 5.09. The van der Waals surface area contributed by atoms with E-state index in [2.05, 4.69) is 15.6 Å². The van der Waals surface area contributed by atoms with E-state index in [1.807, 2.05) is 37.3 Å². The van der Waals surface area contributed by atoms with Gasteiger partial charge in [-0.1, -0.05) is 53.0 Å². The third kappa shape index (κ3) is 3.56. The third-order valence-corrected chi connectivity index (χ3v) is 4.28. The second-order valence-corrected chi connectivity index (χ2v) is 6.23. The monoisotopic (exact) mass is 378 g/mol. The fourth-order valence-electron chi connectivity index (χ4n) is 2.16. The Hall–Kier alpha value is -2.01. The maximum atomic E-state index is 6.44. The number of para-hydroxylation sites is 1. The standard InChI is InChI=1S/C17H13Cl3N4/c1-11-14(10-21-22-16-8-3-2-7-15(16)19)17(20)24(23-11)13-6-4-5-12(18)9-13/h2-10,22H,1H3/b21-10-. The van der Waals surface area contributed by atoms with E-state index in [0.29, 0.717) is 20.9 Å². The molecule has 3 rings (SSSR count). The van der Waals surface area contributed by atoms with Gasteiger partial charge < -0.3 is 0 Å². The number of halogens is 3. The van der Waals surface area contributed by atoms with Gasteiger partial charge in [-0.3, -0.25) is 5.43 Å². The average Bonchev–Trinajstić information content (AvgIpc) is 2.84. The molecule has 0 aliphatic heterocycles. The highest BCUT2D eigenvalue weighted by Crippen LogP contribution is 2.24. The summed E-state index contributed by atoms with van der Waals surface area (Å²) in [7, 11) is 0. The molecule has 1 N–H and O–H groups in total. The molecule has 1 heterocycles. The highest BCUT2D eigenvalue weighted by molar-refractivity contribution is 6.33. The van der Waals surface area contributed by atoms with Gasteiger partial charge in [-0.15, -0.1) is 0 Å². The summed E-state index contributed by atoms with van der Waals surface area (Å²) >= 11 is 18.5. The van der Waals surface area contributed by atoms with Crippen molar-refractivity contribution in [3.63, 3.8) is 0 Å². The number of benzene rings is 2. The average molecular weight is 380 g/mol. The van der Waals surface area contributed by atoms with Crippen LogP contribution in [0.1, 0.15) is 11.3 Å². The Labute approximate surface area is 154 Å². The summed E-state index contributed by atoms with van der Waals surface area (Å²) in [6.07, 6.45) is 1.62. The Morgan fingerprint density at radius 3 is 2.62 bits per heavy atom. The van der Waals surface area contributed by atoms with E-state index in [9.17, 15) is 0 Å². The van der Waals surface area contributed by atoms with Crippen LogP contribution in [0, 0.1) is 6.92 Å². The SMILES string of the molecule is Cc1nn(-c2cccc(Cl)c2)c(Cl)c1/C=N\Nc1ccccc1Cl. The van der Waals surface area contributed by atoms with Crippen LogP contribution in [-0.2, 0) is 0 Å². The van der Waals surface area contributed by atoms with Crippen molar-refractivity contribution >= 4 is 46.7 Å². The van der Waals surface area contributed by atoms with Crippen molar-refractivity contribution in [2.45, 2.75) is 6.92 Å². The number of hydrazone groups is 1. The predicted molar refractivity (Wildman–Crippen MR) is 101 cm³/mol. The number of hydrogen-bond acceptors (Lipinski definition) is 3. The number of anilines is 1. The van der Waals surface area contributed by atoms with Gasteiger partial charge in [0.05, 0.1) is 33.9 Å². The van der Waals surface area contributed by atoms with Crippen LogP contribution in [0.25, 0.3) is 5.69 Å². The number of aromatic nitrogens is 2. The highest BCUT2D eigenvalue weighted by atomic mass is 35.5. The Bertz CT molecular complexity index is 903. The van der Waals surface area contributed by atoms with Crippen LogP contribution in [0.3, 0.4) is 0 Å². The van der Waals surface area contributed by atoms with Crippen LogP contribution < -0.4 is 5.43 Å². The van der Waals surface area contributed by atoms with Gasteiger partial charge in [-0.2, -0.15) is 10.2 Å². The summed E-state index contributed by atoms with van der Waals surface area (Å²) in [6.45, 7) is 1.86. The summed E-state index contributed by atoms with van der Waals surface area (Å²) in [4.78, 5) is 0. The van der Waals surface area contributed by atoms with Crippen molar-refractivity contribution in [1.29, 1.82) is 0 Å². The lowest BCUT2D eigenvalue weighted by atomic mass is 10.3. The molecule has 0 saturated heterocycles. The molecule has 0 aliphatic carbocycles. The van der Waals surface area contributed by atoms with Crippen molar-refractivity contribution in [3.8, 4) is 5.69 Å².